The van der Waals surface area contributed by atoms with Gasteiger partial charge in [0.15, 0.2) is 5.78 Å². The van der Waals surface area contributed by atoms with Crippen molar-refractivity contribution >= 4 is 33.0 Å². The number of ketones is 1. The van der Waals surface area contributed by atoms with Gasteiger partial charge in [-0.05, 0) is 49.4 Å². The minimum Gasteiger partial charge on any atom is -0.378 e. The van der Waals surface area contributed by atoms with Gasteiger partial charge in [0.1, 0.15) is 5.01 Å². The number of anilines is 1. The zero-order chi connectivity index (χ0) is 15.0. The Morgan fingerprint density at radius 1 is 1.10 bits per heavy atom. The minimum absolute atomic E-state index is 0.0711. The quantitative estimate of drug-likeness (QED) is 0.678. The molecule has 3 rings (SSSR count). The van der Waals surface area contributed by atoms with Gasteiger partial charge in [-0.3, -0.25) is 4.79 Å². The maximum Gasteiger partial charge on any atom is 0.159 e. The molecule has 3 aromatic rings. The van der Waals surface area contributed by atoms with Gasteiger partial charge in [-0.15, -0.1) is 11.3 Å². The molecule has 0 unspecified atom stereocenters. The van der Waals surface area contributed by atoms with E-state index in [0.717, 1.165) is 20.8 Å². The standard InChI is InChI=1S/C17H16N2OS/c1-11(20)13-6-9-16-15(10-13)18-17(21-16)12-4-7-14(8-5-12)19(2)3/h4-10H,1-3H3. The van der Waals surface area contributed by atoms with Crippen LogP contribution in [0.25, 0.3) is 20.8 Å². The molecule has 1 aromatic heterocycles. The van der Waals surface area contributed by atoms with E-state index in [4.69, 9.17) is 0 Å². The Labute approximate surface area is 127 Å². The Morgan fingerprint density at radius 3 is 2.43 bits per heavy atom. The molecule has 0 aliphatic heterocycles. The molecule has 0 aliphatic rings. The molecule has 2 aromatic carbocycles. The lowest BCUT2D eigenvalue weighted by Gasteiger charge is -2.11. The smallest absolute Gasteiger partial charge is 0.159 e. The van der Waals surface area contributed by atoms with Crippen LogP contribution < -0.4 is 4.90 Å². The van der Waals surface area contributed by atoms with Gasteiger partial charge in [0, 0.05) is 30.9 Å². The fourth-order valence-electron chi connectivity index (χ4n) is 2.17. The molecular weight excluding hydrogens is 280 g/mol. The summed E-state index contributed by atoms with van der Waals surface area (Å²) in [6.07, 6.45) is 0. The zero-order valence-corrected chi connectivity index (χ0v) is 13.1. The maximum atomic E-state index is 11.4. The second kappa shape index (κ2) is 5.30. The molecule has 0 atom stereocenters. The SMILES string of the molecule is CC(=O)c1ccc2sc(-c3ccc(N(C)C)cc3)nc2c1. The molecule has 0 amide bonds. The van der Waals surface area contributed by atoms with E-state index in [-0.39, 0.29) is 5.78 Å². The third-order valence-corrected chi connectivity index (χ3v) is 4.51. The summed E-state index contributed by atoms with van der Waals surface area (Å²) in [6, 6.07) is 14.0. The van der Waals surface area contributed by atoms with Crippen molar-refractivity contribution in [2.75, 3.05) is 19.0 Å². The van der Waals surface area contributed by atoms with E-state index in [2.05, 4.69) is 34.1 Å². The molecule has 0 bridgehead atoms. The fourth-order valence-corrected chi connectivity index (χ4v) is 3.12. The molecule has 0 radical (unpaired) electrons. The molecule has 0 spiro atoms. The van der Waals surface area contributed by atoms with Crippen LogP contribution in [0.4, 0.5) is 5.69 Å². The summed E-state index contributed by atoms with van der Waals surface area (Å²) in [5.74, 6) is 0.0711. The molecule has 3 nitrogen and oxygen atoms in total. The summed E-state index contributed by atoms with van der Waals surface area (Å²) >= 11 is 1.65. The average molecular weight is 296 g/mol. The number of hydrogen-bond donors (Lipinski definition) is 0. The van der Waals surface area contributed by atoms with E-state index in [1.54, 1.807) is 18.3 Å². The molecule has 0 N–H and O–H groups in total. The van der Waals surface area contributed by atoms with Crippen molar-refractivity contribution in [3.05, 3.63) is 48.0 Å². The molecule has 1 heterocycles. The van der Waals surface area contributed by atoms with Gasteiger partial charge < -0.3 is 4.90 Å². The normalized spacial score (nSPS) is 10.8. The molecule has 0 fully saturated rings. The molecule has 0 saturated carbocycles. The Kier molecular flexibility index (Phi) is 3.47. The number of benzene rings is 2. The number of hydrogen-bond acceptors (Lipinski definition) is 4. The highest BCUT2D eigenvalue weighted by atomic mass is 32.1. The molecule has 0 aliphatic carbocycles. The van der Waals surface area contributed by atoms with Gasteiger partial charge in [-0.2, -0.15) is 0 Å². The van der Waals surface area contributed by atoms with Gasteiger partial charge in [0.25, 0.3) is 0 Å². The number of rotatable bonds is 3. The van der Waals surface area contributed by atoms with E-state index in [1.165, 1.54) is 5.69 Å². The Bertz CT molecular complexity index is 803. The van der Waals surface area contributed by atoms with Gasteiger partial charge in [-0.25, -0.2) is 4.98 Å². The Hall–Kier alpha value is -2.20. The number of carbonyl (C=O) groups is 1. The maximum absolute atomic E-state index is 11.4. The molecule has 0 saturated heterocycles. The van der Waals surface area contributed by atoms with Crippen LogP contribution in [0.3, 0.4) is 0 Å². The van der Waals surface area contributed by atoms with Crippen molar-refractivity contribution in [2.24, 2.45) is 0 Å². The highest BCUT2D eigenvalue weighted by Gasteiger charge is 2.08. The van der Waals surface area contributed by atoms with Crippen LogP contribution in [0.15, 0.2) is 42.5 Å². The third-order valence-electron chi connectivity index (χ3n) is 3.42. The van der Waals surface area contributed by atoms with Gasteiger partial charge in [0.2, 0.25) is 0 Å². The van der Waals surface area contributed by atoms with E-state index in [0.29, 0.717) is 5.56 Å². The van der Waals surface area contributed by atoms with Crippen molar-refractivity contribution in [1.82, 2.24) is 4.98 Å². The number of carbonyl (C=O) groups excluding carboxylic acids is 1. The summed E-state index contributed by atoms with van der Waals surface area (Å²) in [7, 11) is 4.05. The lowest BCUT2D eigenvalue weighted by atomic mass is 10.1. The predicted octanol–water partition coefficient (Wildman–Crippen LogP) is 4.23. The summed E-state index contributed by atoms with van der Waals surface area (Å²) in [6.45, 7) is 1.58. The van der Waals surface area contributed by atoms with Crippen molar-refractivity contribution in [3.8, 4) is 10.6 Å². The number of aromatic nitrogens is 1. The summed E-state index contributed by atoms with van der Waals surface area (Å²) in [4.78, 5) is 18.2. The predicted molar refractivity (Wildman–Crippen MR) is 89.4 cm³/mol. The minimum atomic E-state index is 0.0711. The Morgan fingerprint density at radius 2 is 1.81 bits per heavy atom. The van der Waals surface area contributed by atoms with Crippen molar-refractivity contribution < 1.29 is 4.79 Å². The first-order chi connectivity index (χ1) is 10.0. The largest absolute Gasteiger partial charge is 0.378 e. The molecule has 106 valence electrons. The Balaban J connectivity index is 2.02. The van der Waals surface area contributed by atoms with Crippen LogP contribution in [0.1, 0.15) is 17.3 Å². The molecular formula is C17H16N2OS. The molecule has 21 heavy (non-hydrogen) atoms. The van der Waals surface area contributed by atoms with Crippen LogP contribution in [0.5, 0.6) is 0 Å². The zero-order valence-electron chi connectivity index (χ0n) is 12.3. The van der Waals surface area contributed by atoms with Crippen LogP contribution in [-0.2, 0) is 0 Å². The second-order valence-electron chi connectivity index (χ2n) is 5.20. The van der Waals surface area contributed by atoms with E-state index < -0.39 is 0 Å². The van der Waals surface area contributed by atoms with Crippen molar-refractivity contribution in [1.29, 1.82) is 0 Å². The summed E-state index contributed by atoms with van der Waals surface area (Å²) in [5.41, 5.74) is 3.87. The average Bonchev–Trinajstić information content (AvgIpc) is 2.90. The van der Waals surface area contributed by atoms with Crippen LogP contribution >= 0.6 is 11.3 Å². The first kappa shape index (κ1) is 13.8. The van der Waals surface area contributed by atoms with E-state index in [9.17, 15) is 4.79 Å². The van der Waals surface area contributed by atoms with Gasteiger partial charge in [-0.1, -0.05) is 0 Å². The van der Waals surface area contributed by atoms with Gasteiger partial charge >= 0.3 is 0 Å². The lowest BCUT2D eigenvalue weighted by molar-refractivity contribution is 0.101. The van der Waals surface area contributed by atoms with Crippen LogP contribution in [0.2, 0.25) is 0 Å². The number of Topliss-reactive ketones (excluding diaryl/α,β-unsaturated/α-hetero) is 1. The second-order valence-corrected chi connectivity index (χ2v) is 6.23. The summed E-state index contributed by atoms with van der Waals surface area (Å²) < 4.78 is 1.10. The number of thiazole rings is 1. The first-order valence-corrected chi connectivity index (χ1v) is 7.55. The third kappa shape index (κ3) is 2.67. The number of fused-ring (bicyclic) bond motifs is 1. The topological polar surface area (TPSA) is 33.2 Å². The first-order valence-electron chi connectivity index (χ1n) is 6.74. The lowest BCUT2D eigenvalue weighted by Crippen LogP contribution is -2.07. The van der Waals surface area contributed by atoms with Gasteiger partial charge in [0.05, 0.1) is 10.2 Å². The monoisotopic (exact) mass is 296 g/mol. The highest BCUT2D eigenvalue weighted by Crippen LogP contribution is 2.31. The van der Waals surface area contributed by atoms with E-state index in [1.807, 2.05) is 32.3 Å². The van der Waals surface area contributed by atoms with Crippen molar-refractivity contribution in [3.63, 3.8) is 0 Å². The highest BCUT2D eigenvalue weighted by molar-refractivity contribution is 7.21. The van der Waals surface area contributed by atoms with Crippen LogP contribution in [0, 0.1) is 0 Å². The summed E-state index contributed by atoms with van der Waals surface area (Å²) in [5, 5.41) is 0.982. The number of nitrogens with zero attached hydrogens (tertiary/aromatic N) is 2. The van der Waals surface area contributed by atoms with Crippen LogP contribution in [-0.4, -0.2) is 24.9 Å². The molecule has 4 heteroatoms. The fraction of sp³-hybridized carbons (Fsp3) is 0.176. The van der Waals surface area contributed by atoms with Crippen molar-refractivity contribution in [2.45, 2.75) is 6.92 Å². The van der Waals surface area contributed by atoms with E-state index >= 15 is 0 Å².